The summed E-state index contributed by atoms with van der Waals surface area (Å²) in [5.74, 6) is 0.136. The highest BCUT2D eigenvalue weighted by Crippen LogP contribution is 2.25. The van der Waals surface area contributed by atoms with Gasteiger partial charge in [0, 0.05) is 19.1 Å². The second kappa shape index (κ2) is 5.77. The molecular weight excluding hydrogens is 267 g/mol. The summed E-state index contributed by atoms with van der Waals surface area (Å²) in [5, 5.41) is 0. The van der Waals surface area contributed by atoms with Crippen molar-refractivity contribution in [2.45, 2.75) is 25.8 Å². The monoisotopic (exact) mass is 286 g/mol. The van der Waals surface area contributed by atoms with Crippen LogP contribution in [0.15, 0.2) is 30.5 Å². The van der Waals surface area contributed by atoms with Crippen LogP contribution < -0.4 is 10.6 Å². The largest absolute Gasteiger partial charge is 0.369 e. The number of piperidine rings is 1. The van der Waals surface area contributed by atoms with Crippen molar-refractivity contribution in [1.29, 1.82) is 0 Å². The fourth-order valence-corrected chi connectivity index (χ4v) is 2.68. The van der Waals surface area contributed by atoms with E-state index in [0.29, 0.717) is 17.4 Å². The first-order valence-electron chi connectivity index (χ1n) is 7.24. The summed E-state index contributed by atoms with van der Waals surface area (Å²) in [5.41, 5.74) is 8.26. The molecule has 110 valence electrons. The van der Waals surface area contributed by atoms with Crippen molar-refractivity contribution in [3.05, 3.63) is 42.0 Å². The van der Waals surface area contributed by atoms with Gasteiger partial charge in [-0.25, -0.2) is 14.4 Å². The lowest BCUT2D eigenvalue weighted by Crippen LogP contribution is -2.40. The van der Waals surface area contributed by atoms with Crippen LogP contribution in [-0.2, 0) is 0 Å². The summed E-state index contributed by atoms with van der Waals surface area (Å²) in [6, 6.07) is 6.87. The molecule has 1 aromatic heterocycles. The summed E-state index contributed by atoms with van der Waals surface area (Å²) in [6.07, 6.45) is 3.75. The molecule has 2 N–H and O–H groups in total. The Labute approximate surface area is 123 Å². The third kappa shape index (κ3) is 2.88. The van der Waals surface area contributed by atoms with Crippen LogP contribution in [0.2, 0.25) is 0 Å². The van der Waals surface area contributed by atoms with Gasteiger partial charge in [-0.15, -0.1) is 0 Å². The van der Waals surface area contributed by atoms with Crippen LogP contribution in [-0.4, -0.2) is 29.1 Å². The number of aromatic nitrogens is 2. The van der Waals surface area contributed by atoms with Gasteiger partial charge in [-0.2, -0.15) is 0 Å². The molecule has 5 heteroatoms. The van der Waals surface area contributed by atoms with Gasteiger partial charge in [0.1, 0.15) is 5.82 Å². The van der Waals surface area contributed by atoms with Crippen molar-refractivity contribution in [3.63, 3.8) is 0 Å². The zero-order chi connectivity index (χ0) is 14.8. The number of rotatable bonds is 2. The van der Waals surface area contributed by atoms with E-state index in [1.807, 2.05) is 6.92 Å². The number of aryl methyl sites for hydroxylation is 1. The number of nitrogens with zero attached hydrogens (tertiary/aromatic N) is 3. The second-order valence-electron chi connectivity index (χ2n) is 5.47. The third-order valence-corrected chi connectivity index (χ3v) is 3.95. The van der Waals surface area contributed by atoms with E-state index in [1.54, 1.807) is 24.4 Å². The maximum absolute atomic E-state index is 13.8. The molecule has 0 spiro atoms. The van der Waals surface area contributed by atoms with Crippen LogP contribution in [0.1, 0.15) is 18.5 Å². The first kappa shape index (κ1) is 13.9. The van der Waals surface area contributed by atoms with Crippen molar-refractivity contribution in [2.75, 3.05) is 18.0 Å². The quantitative estimate of drug-likeness (QED) is 0.921. The summed E-state index contributed by atoms with van der Waals surface area (Å²) >= 11 is 0. The Balaban J connectivity index is 1.88. The summed E-state index contributed by atoms with van der Waals surface area (Å²) < 4.78 is 13.8. The van der Waals surface area contributed by atoms with Crippen molar-refractivity contribution in [3.8, 4) is 11.4 Å². The maximum Gasteiger partial charge on any atom is 0.162 e. The molecule has 0 aliphatic carbocycles. The fourth-order valence-electron chi connectivity index (χ4n) is 2.68. The topological polar surface area (TPSA) is 55.0 Å². The van der Waals surface area contributed by atoms with Gasteiger partial charge in [-0.1, -0.05) is 12.1 Å². The molecule has 0 amide bonds. The van der Waals surface area contributed by atoms with Crippen LogP contribution in [0.3, 0.4) is 0 Å². The molecule has 2 heterocycles. The maximum atomic E-state index is 13.8. The molecule has 0 bridgehead atoms. The SMILES string of the molecule is Cc1nc(-c2ccccc2F)ncc1N1CCC(N)CC1. The predicted molar refractivity (Wildman–Crippen MR) is 81.6 cm³/mol. The minimum Gasteiger partial charge on any atom is -0.369 e. The Bertz CT molecular complexity index is 636. The van der Waals surface area contributed by atoms with E-state index in [-0.39, 0.29) is 5.82 Å². The van der Waals surface area contributed by atoms with Gasteiger partial charge >= 0.3 is 0 Å². The highest BCUT2D eigenvalue weighted by Gasteiger charge is 2.19. The molecule has 0 unspecified atom stereocenters. The molecule has 1 aliphatic heterocycles. The number of anilines is 1. The number of halogens is 1. The van der Waals surface area contributed by atoms with Crippen LogP contribution in [0, 0.1) is 12.7 Å². The molecule has 2 aromatic rings. The van der Waals surface area contributed by atoms with Crippen molar-refractivity contribution < 1.29 is 4.39 Å². The molecule has 1 aromatic carbocycles. The van der Waals surface area contributed by atoms with Crippen LogP contribution in [0.25, 0.3) is 11.4 Å². The molecule has 0 atom stereocenters. The standard InChI is InChI=1S/C16H19FN4/c1-11-15(21-8-6-12(18)7-9-21)10-19-16(20-11)13-4-2-3-5-14(13)17/h2-5,10,12H,6-9,18H2,1H3. The Hall–Kier alpha value is -2.01. The molecule has 1 aliphatic rings. The lowest BCUT2D eigenvalue weighted by molar-refractivity contribution is 0.500. The van der Waals surface area contributed by atoms with E-state index in [1.165, 1.54) is 6.07 Å². The van der Waals surface area contributed by atoms with E-state index in [4.69, 9.17) is 5.73 Å². The van der Waals surface area contributed by atoms with E-state index < -0.39 is 0 Å². The van der Waals surface area contributed by atoms with Gasteiger partial charge in [-0.05, 0) is 31.9 Å². The zero-order valence-corrected chi connectivity index (χ0v) is 12.1. The molecule has 0 radical (unpaired) electrons. The lowest BCUT2D eigenvalue weighted by Gasteiger charge is -2.32. The van der Waals surface area contributed by atoms with Crippen LogP contribution in [0.5, 0.6) is 0 Å². The van der Waals surface area contributed by atoms with Crippen LogP contribution >= 0.6 is 0 Å². The van der Waals surface area contributed by atoms with Gasteiger partial charge in [0.2, 0.25) is 0 Å². The average Bonchev–Trinajstić information content (AvgIpc) is 2.49. The molecule has 3 rings (SSSR count). The Kier molecular flexibility index (Phi) is 3.84. The molecule has 1 saturated heterocycles. The first-order chi connectivity index (χ1) is 10.1. The van der Waals surface area contributed by atoms with Crippen molar-refractivity contribution in [2.24, 2.45) is 5.73 Å². The van der Waals surface area contributed by atoms with E-state index in [2.05, 4.69) is 14.9 Å². The minimum atomic E-state index is -0.298. The minimum absolute atomic E-state index is 0.292. The van der Waals surface area contributed by atoms with Crippen LogP contribution in [0.4, 0.5) is 10.1 Å². The smallest absolute Gasteiger partial charge is 0.162 e. The highest BCUT2D eigenvalue weighted by atomic mass is 19.1. The summed E-state index contributed by atoms with van der Waals surface area (Å²) in [7, 11) is 0. The second-order valence-corrected chi connectivity index (χ2v) is 5.47. The van der Waals surface area contributed by atoms with Crippen molar-refractivity contribution in [1.82, 2.24) is 9.97 Å². The predicted octanol–water partition coefficient (Wildman–Crippen LogP) is 2.52. The van der Waals surface area contributed by atoms with Gasteiger partial charge in [0.25, 0.3) is 0 Å². The average molecular weight is 286 g/mol. The molecule has 4 nitrogen and oxygen atoms in total. The normalized spacial score (nSPS) is 16.2. The van der Waals surface area contributed by atoms with Gasteiger partial charge in [-0.3, -0.25) is 0 Å². The Morgan fingerprint density at radius 3 is 2.62 bits per heavy atom. The number of hydrogen-bond acceptors (Lipinski definition) is 4. The van der Waals surface area contributed by atoms with Gasteiger partial charge in [0.15, 0.2) is 5.82 Å². The van der Waals surface area contributed by atoms with Gasteiger partial charge in [0.05, 0.1) is 23.1 Å². The van der Waals surface area contributed by atoms with Crippen molar-refractivity contribution >= 4 is 5.69 Å². The number of benzene rings is 1. The first-order valence-corrected chi connectivity index (χ1v) is 7.24. The number of nitrogens with two attached hydrogens (primary N) is 1. The zero-order valence-electron chi connectivity index (χ0n) is 12.1. The van der Waals surface area contributed by atoms with E-state index in [9.17, 15) is 4.39 Å². The fraction of sp³-hybridized carbons (Fsp3) is 0.375. The third-order valence-electron chi connectivity index (χ3n) is 3.95. The summed E-state index contributed by atoms with van der Waals surface area (Å²) in [4.78, 5) is 11.1. The number of hydrogen-bond donors (Lipinski definition) is 1. The Morgan fingerprint density at radius 2 is 1.95 bits per heavy atom. The summed E-state index contributed by atoms with van der Waals surface area (Å²) in [6.45, 7) is 3.78. The molecule has 1 fully saturated rings. The van der Waals surface area contributed by atoms with E-state index >= 15 is 0 Å². The Morgan fingerprint density at radius 1 is 1.24 bits per heavy atom. The highest BCUT2D eigenvalue weighted by molar-refractivity contribution is 5.59. The molecular formula is C16H19FN4. The van der Waals surface area contributed by atoms with E-state index in [0.717, 1.165) is 37.3 Å². The van der Waals surface area contributed by atoms with Gasteiger partial charge < -0.3 is 10.6 Å². The molecule has 21 heavy (non-hydrogen) atoms. The molecule has 0 saturated carbocycles. The lowest BCUT2D eigenvalue weighted by atomic mass is 10.1.